The van der Waals surface area contributed by atoms with E-state index < -0.39 is 0 Å². The van der Waals surface area contributed by atoms with Gasteiger partial charge in [-0.1, -0.05) is 12.1 Å². The van der Waals surface area contributed by atoms with Crippen LogP contribution in [0.1, 0.15) is 0 Å². The predicted octanol–water partition coefficient (Wildman–Crippen LogP) is 3.52. The van der Waals surface area contributed by atoms with E-state index in [9.17, 15) is 5.11 Å². The molecule has 1 N–H and O–H groups in total. The van der Waals surface area contributed by atoms with E-state index >= 15 is 0 Å². The molecule has 3 aromatic rings. The zero-order valence-electron chi connectivity index (χ0n) is 10.2. The molecular formula is C16H12N2O. The van der Waals surface area contributed by atoms with E-state index in [2.05, 4.69) is 9.97 Å². The maximum absolute atomic E-state index is 9.88. The fourth-order valence-electron chi connectivity index (χ4n) is 2.01. The van der Waals surface area contributed by atoms with Crippen molar-refractivity contribution in [1.29, 1.82) is 0 Å². The number of rotatable bonds is 2. The highest BCUT2D eigenvalue weighted by Crippen LogP contribution is 2.30. The number of phenols is 1. The van der Waals surface area contributed by atoms with Gasteiger partial charge in [0.2, 0.25) is 0 Å². The van der Waals surface area contributed by atoms with Crippen LogP contribution in [0.25, 0.3) is 22.3 Å². The molecule has 0 saturated heterocycles. The van der Waals surface area contributed by atoms with E-state index in [4.69, 9.17) is 0 Å². The summed E-state index contributed by atoms with van der Waals surface area (Å²) in [4.78, 5) is 8.20. The first-order valence-electron chi connectivity index (χ1n) is 5.98. The Morgan fingerprint density at radius 1 is 0.684 bits per heavy atom. The van der Waals surface area contributed by atoms with Crippen LogP contribution in [0.3, 0.4) is 0 Å². The minimum atomic E-state index is 0.236. The van der Waals surface area contributed by atoms with Gasteiger partial charge in [0.15, 0.2) is 0 Å². The summed E-state index contributed by atoms with van der Waals surface area (Å²) in [5.74, 6) is 0.236. The molecule has 0 aliphatic carbocycles. The molecule has 0 fully saturated rings. The zero-order chi connectivity index (χ0) is 13.1. The van der Waals surface area contributed by atoms with Gasteiger partial charge in [-0.05, 0) is 41.5 Å². The van der Waals surface area contributed by atoms with E-state index in [0.29, 0.717) is 0 Å². The summed E-state index contributed by atoms with van der Waals surface area (Å²) in [6, 6.07) is 13.2. The molecule has 0 bridgehead atoms. The van der Waals surface area contributed by atoms with Crippen molar-refractivity contribution in [1.82, 2.24) is 9.97 Å². The van der Waals surface area contributed by atoms with Gasteiger partial charge in [-0.15, -0.1) is 0 Å². The average Bonchev–Trinajstić information content (AvgIpc) is 2.48. The lowest BCUT2D eigenvalue weighted by molar-refractivity contribution is 0.476. The largest absolute Gasteiger partial charge is 0.508 e. The number of nitrogens with zero attached hydrogens (tertiary/aromatic N) is 2. The Balaban J connectivity index is 2.12. The van der Waals surface area contributed by atoms with Crippen molar-refractivity contribution in [2.24, 2.45) is 0 Å². The number of aromatic hydroxyl groups is 1. The van der Waals surface area contributed by atoms with Crippen molar-refractivity contribution in [2.75, 3.05) is 0 Å². The summed E-state index contributed by atoms with van der Waals surface area (Å²) in [5.41, 5.74) is 3.82. The third-order valence-corrected chi connectivity index (χ3v) is 2.91. The summed E-state index contributed by atoms with van der Waals surface area (Å²) in [5, 5.41) is 9.88. The van der Waals surface area contributed by atoms with Crippen LogP contribution in [0.4, 0.5) is 0 Å². The zero-order valence-corrected chi connectivity index (χ0v) is 10.2. The van der Waals surface area contributed by atoms with Gasteiger partial charge in [-0.2, -0.15) is 0 Å². The Kier molecular flexibility index (Phi) is 2.94. The van der Waals surface area contributed by atoms with Crippen LogP contribution in [0.15, 0.2) is 67.3 Å². The first-order chi connectivity index (χ1) is 9.33. The Hall–Kier alpha value is -2.68. The monoisotopic (exact) mass is 248 g/mol. The molecule has 0 radical (unpaired) electrons. The minimum absolute atomic E-state index is 0.236. The molecule has 0 amide bonds. The van der Waals surface area contributed by atoms with Crippen LogP contribution in [-0.2, 0) is 0 Å². The molecule has 92 valence electrons. The summed E-state index contributed by atoms with van der Waals surface area (Å²) >= 11 is 0. The van der Waals surface area contributed by atoms with Crippen molar-refractivity contribution in [3.8, 4) is 28.0 Å². The Morgan fingerprint density at radius 3 is 1.63 bits per heavy atom. The second-order valence-electron chi connectivity index (χ2n) is 4.25. The fraction of sp³-hybridized carbons (Fsp3) is 0. The standard InChI is InChI=1S/C16H12N2O/c19-16-8-14(12-3-1-5-17-10-12)7-15(9-16)13-4-2-6-18-11-13/h1-11,19H. The average molecular weight is 248 g/mol. The summed E-state index contributed by atoms with van der Waals surface area (Å²) in [6.07, 6.45) is 7.02. The van der Waals surface area contributed by atoms with Gasteiger partial charge in [-0.25, -0.2) is 0 Å². The Bertz CT molecular complexity index is 624. The SMILES string of the molecule is Oc1cc(-c2cccnc2)cc(-c2cccnc2)c1. The van der Waals surface area contributed by atoms with Crippen molar-refractivity contribution in [3.05, 3.63) is 67.3 Å². The highest BCUT2D eigenvalue weighted by Gasteiger charge is 2.04. The van der Waals surface area contributed by atoms with E-state index in [1.165, 1.54) is 0 Å². The minimum Gasteiger partial charge on any atom is -0.508 e. The Labute approximate surface area is 111 Å². The molecule has 19 heavy (non-hydrogen) atoms. The Morgan fingerprint density at radius 2 is 1.21 bits per heavy atom. The van der Waals surface area contributed by atoms with Gasteiger partial charge >= 0.3 is 0 Å². The maximum atomic E-state index is 9.88. The molecule has 0 atom stereocenters. The topological polar surface area (TPSA) is 46.0 Å². The van der Waals surface area contributed by atoms with E-state index in [0.717, 1.165) is 22.3 Å². The van der Waals surface area contributed by atoms with Gasteiger partial charge in [0.25, 0.3) is 0 Å². The highest BCUT2D eigenvalue weighted by molar-refractivity contribution is 5.74. The first kappa shape index (κ1) is 11.4. The summed E-state index contributed by atoms with van der Waals surface area (Å²) < 4.78 is 0. The number of benzene rings is 1. The molecule has 0 aliphatic heterocycles. The summed E-state index contributed by atoms with van der Waals surface area (Å²) in [6.45, 7) is 0. The van der Waals surface area contributed by atoms with Gasteiger partial charge in [-0.3, -0.25) is 9.97 Å². The number of pyridine rings is 2. The molecule has 1 aromatic carbocycles. The second kappa shape index (κ2) is 4.90. The predicted molar refractivity (Wildman–Crippen MR) is 74.6 cm³/mol. The van der Waals surface area contributed by atoms with E-state index in [-0.39, 0.29) is 5.75 Å². The van der Waals surface area contributed by atoms with Crippen LogP contribution in [0, 0.1) is 0 Å². The molecule has 3 heteroatoms. The third-order valence-electron chi connectivity index (χ3n) is 2.91. The third kappa shape index (κ3) is 2.45. The molecular weight excluding hydrogens is 236 g/mol. The van der Waals surface area contributed by atoms with Crippen molar-refractivity contribution < 1.29 is 5.11 Å². The molecule has 2 heterocycles. The van der Waals surface area contributed by atoms with Crippen molar-refractivity contribution >= 4 is 0 Å². The lowest BCUT2D eigenvalue weighted by Crippen LogP contribution is -1.83. The molecule has 0 spiro atoms. The lowest BCUT2D eigenvalue weighted by atomic mass is 10.0. The molecule has 2 aromatic heterocycles. The lowest BCUT2D eigenvalue weighted by Gasteiger charge is -2.07. The quantitative estimate of drug-likeness (QED) is 0.754. The van der Waals surface area contributed by atoms with Crippen LogP contribution >= 0.6 is 0 Å². The number of hydrogen-bond acceptors (Lipinski definition) is 3. The first-order valence-corrected chi connectivity index (χ1v) is 5.98. The highest BCUT2D eigenvalue weighted by atomic mass is 16.3. The molecule has 0 unspecified atom stereocenters. The van der Waals surface area contributed by atoms with E-state index in [1.807, 2.05) is 30.3 Å². The van der Waals surface area contributed by atoms with Crippen molar-refractivity contribution in [2.45, 2.75) is 0 Å². The number of hydrogen-bond donors (Lipinski definition) is 1. The maximum Gasteiger partial charge on any atom is 0.116 e. The number of phenolic OH excluding ortho intramolecular Hbond substituents is 1. The van der Waals surface area contributed by atoms with E-state index in [1.54, 1.807) is 36.9 Å². The fourth-order valence-corrected chi connectivity index (χ4v) is 2.01. The van der Waals surface area contributed by atoms with Crippen LogP contribution in [0.2, 0.25) is 0 Å². The van der Waals surface area contributed by atoms with Gasteiger partial charge in [0.05, 0.1) is 0 Å². The second-order valence-corrected chi connectivity index (χ2v) is 4.25. The smallest absolute Gasteiger partial charge is 0.116 e. The molecule has 3 rings (SSSR count). The van der Waals surface area contributed by atoms with Crippen molar-refractivity contribution in [3.63, 3.8) is 0 Å². The molecule has 0 aliphatic rings. The van der Waals surface area contributed by atoms with Crippen LogP contribution in [0.5, 0.6) is 5.75 Å². The summed E-state index contributed by atoms with van der Waals surface area (Å²) in [7, 11) is 0. The normalized spacial score (nSPS) is 10.3. The van der Waals surface area contributed by atoms with Crippen LogP contribution in [-0.4, -0.2) is 15.1 Å². The van der Waals surface area contributed by atoms with Gasteiger partial charge in [0, 0.05) is 35.9 Å². The number of aromatic nitrogens is 2. The molecule has 0 saturated carbocycles. The molecule has 3 nitrogen and oxygen atoms in total. The van der Waals surface area contributed by atoms with Crippen LogP contribution < -0.4 is 0 Å². The van der Waals surface area contributed by atoms with Gasteiger partial charge < -0.3 is 5.11 Å². The van der Waals surface area contributed by atoms with Gasteiger partial charge in [0.1, 0.15) is 5.75 Å².